The van der Waals surface area contributed by atoms with E-state index in [-0.39, 0.29) is 5.82 Å². The van der Waals surface area contributed by atoms with Crippen LogP contribution in [0.4, 0.5) is 0 Å². The molecule has 1 fully saturated rings. The van der Waals surface area contributed by atoms with Crippen LogP contribution in [0, 0.1) is 0 Å². The molecule has 0 spiro atoms. The summed E-state index contributed by atoms with van der Waals surface area (Å²) in [6.45, 7) is 4.21. The molecule has 3 nitrogen and oxygen atoms in total. The van der Waals surface area contributed by atoms with E-state index in [0.29, 0.717) is 0 Å². The van der Waals surface area contributed by atoms with Crippen LogP contribution < -0.4 is 0 Å². The molecule has 0 amide bonds. The lowest BCUT2D eigenvalue weighted by molar-refractivity contribution is 0.315. The quantitative estimate of drug-likeness (QED) is 0.463. The molecule has 1 aliphatic heterocycles. The van der Waals surface area contributed by atoms with Crippen molar-refractivity contribution >= 4 is 15.8 Å². The summed E-state index contributed by atoms with van der Waals surface area (Å²) >= 11 is 0. The van der Waals surface area contributed by atoms with E-state index in [9.17, 15) is 0 Å². The van der Waals surface area contributed by atoms with Gasteiger partial charge >= 0.3 is 7.12 Å². The van der Waals surface area contributed by atoms with Crippen LogP contribution in [0.5, 0.6) is 0 Å². The Labute approximate surface area is 69.8 Å². The zero-order valence-corrected chi connectivity index (χ0v) is 7.82. The van der Waals surface area contributed by atoms with Crippen LogP contribution in [0.2, 0.25) is 5.82 Å². The Morgan fingerprint density at radius 1 is 1.36 bits per heavy atom. The average molecular weight is 175 g/mol. The molecule has 0 aliphatic carbocycles. The van der Waals surface area contributed by atoms with Crippen molar-refractivity contribution in [3.8, 4) is 0 Å². The minimum Gasteiger partial charge on any atom is -0.427 e. The largest absolute Gasteiger partial charge is 0.454 e. The molecule has 5 heteroatoms. The third-order valence-electron chi connectivity index (χ3n) is 2.28. The van der Waals surface area contributed by atoms with Gasteiger partial charge in [0.25, 0.3) is 0 Å². The first-order valence-corrected chi connectivity index (χ1v) is 5.47. The van der Waals surface area contributed by atoms with Crippen molar-refractivity contribution in [1.82, 2.24) is 4.67 Å². The van der Waals surface area contributed by atoms with Crippen LogP contribution in [0.1, 0.15) is 12.8 Å². The van der Waals surface area contributed by atoms with Gasteiger partial charge in [0.15, 0.2) is 0 Å². The number of nitrogens with zero attached hydrogens (tertiary/aromatic N) is 1. The van der Waals surface area contributed by atoms with Crippen molar-refractivity contribution in [2.24, 2.45) is 0 Å². The van der Waals surface area contributed by atoms with Gasteiger partial charge in [-0.15, -0.1) is 0 Å². The predicted octanol–water partition coefficient (Wildman–Crippen LogP) is 0.148. The Balaban J connectivity index is 2.24. The molecule has 1 saturated heterocycles. The number of hydrogen-bond donors (Lipinski definition) is 2. The topological polar surface area (TPSA) is 43.7 Å². The number of hydrogen-bond acceptors (Lipinski definition) is 3. The van der Waals surface area contributed by atoms with Crippen LogP contribution in [0.15, 0.2) is 0 Å². The highest BCUT2D eigenvalue weighted by Gasteiger charge is 2.27. The molecular formula is C6H15BNO2P. The summed E-state index contributed by atoms with van der Waals surface area (Å²) in [6.07, 6.45) is 1.86. The normalized spacial score (nSPS) is 23.2. The van der Waals surface area contributed by atoms with Crippen LogP contribution >= 0.6 is 8.73 Å². The minimum atomic E-state index is -1.10. The van der Waals surface area contributed by atoms with E-state index in [1.807, 2.05) is 0 Å². The molecule has 0 aromatic heterocycles. The van der Waals surface area contributed by atoms with Crippen molar-refractivity contribution < 1.29 is 10.0 Å². The highest BCUT2D eigenvalue weighted by atomic mass is 31.1. The Morgan fingerprint density at radius 2 is 1.91 bits per heavy atom. The fourth-order valence-electron chi connectivity index (χ4n) is 1.42. The zero-order chi connectivity index (χ0) is 8.27. The first-order valence-electron chi connectivity index (χ1n) is 4.02. The van der Waals surface area contributed by atoms with Gasteiger partial charge in [0.05, 0.1) is 0 Å². The van der Waals surface area contributed by atoms with E-state index in [0.717, 1.165) is 34.7 Å². The summed E-state index contributed by atoms with van der Waals surface area (Å²) in [4.78, 5) is 0. The molecular weight excluding hydrogens is 160 g/mol. The maximum atomic E-state index is 8.88. The maximum absolute atomic E-state index is 8.88. The van der Waals surface area contributed by atoms with E-state index in [4.69, 9.17) is 10.0 Å². The fraction of sp³-hybridized carbons (Fsp3) is 1.00. The van der Waals surface area contributed by atoms with Crippen molar-refractivity contribution in [2.75, 3.05) is 19.8 Å². The lowest BCUT2D eigenvalue weighted by Gasteiger charge is -2.30. The van der Waals surface area contributed by atoms with Crippen LogP contribution in [-0.2, 0) is 0 Å². The van der Waals surface area contributed by atoms with E-state index in [2.05, 4.69) is 11.3 Å². The standard InChI is InChI=1S/C6H15BNO2P/c1-11-8-4-2-6(3-5-8)7(9)10/h6,9-11H,2-5H2,1H3. The summed E-state index contributed by atoms with van der Waals surface area (Å²) in [5, 5.41) is 17.8. The monoisotopic (exact) mass is 175 g/mol. The smallest absolute Gasteiger partial charge is 0.427 e. The van der Waals surface area contributed by atoms with Gasteiger partial charge < -0.3 is 10.0 Å². The Morgan fingerprint density at radius 3 is 2.27 bits per heavy atom. The second-order valence-electron chi connectivity index (χ2n) is 2.96. The summed E-state index contributed by atoms with van der Waals surface area (Å²) in [5.41, 5.74) is 0. The summed E-state index contributed by atoms with van der Waals surface area (Å²) in [7, 11) is -0.239. The van der Waals surface area contributed by atoms with Gasteiger partial charge in [-0.2, -0.15) is 0 Å². The van der Waals surface area contributed by atoms with Crippen molar-refractivity contribution in [1.29, 1.82) is 0 Å². The first-order chi connectivity index (χ1) is 5.24. The van der Waals surface area contributed by atoms with E-state index >= 15 is 0 Å². The van der Waals surface area contributed by atoms with E-state index in [1.54, 1.807) is 0 Å². The molecule has 0 saturated carbocycles. The lowest BCUT2D eigenvalue weighted by Crippen LogP contribution is -2.32. The Hall–Kier alpha value is 0.375. The number of rotatable bonds is 2. The van der Waals surface area contributed by atoms with Gasteiger partial charge in [-0.3, -0.25) is 4.67 Å². The summed E-state index contributed by atoms with van der Waals surface area (Å²) in [6, 6.07) is 0. The zero-order valence-electron chi connectivity index (χ0n) is 6.82. The molecule has 1 atom stereocenters. The minimum absolute atomic E-state index is 0.114. The van der Waals surface area contributed by atoms with Gasteiger partial charge in [-0.1, -0.05) is 8.73 Å². The summed E-state index contributed by atoms with van der Waals surface area (Å²) in [5.74, 6) is 0.114. The molecule has 0 bridgehead atoms. The predicted molar refractivity (Wildman–Crippen MR) is 49.0 cm³/mol. The molecule has 1 unspecified atom stereocenters. The Bertz CT molecular complexity index is 117. The molecule has 1 rings (SSSR count). The van der Waals surface area contributed by atoms with Crippen LogP contribution in [-0.4, -0.2) is 41.6 Å². The van der Waals surface area contributed by atoms with Crippen molar-refractivity contribution in [2.45, 2.75) is 18.7 Å². The average Bonchev–Trinajstić information content (AvgIpc) is 2.05. The third-order valence-corrected chi connectivity index (χ3v) is 3.36. The van der Waals surface area contributed by atoms with Crippen LogP contribution in [0.25, 0.3) is 0 Å². The fourth-order valence-corrected chi connectivity index (χ4v) is 2.13. The maximum Gasteiger partial charge on any atom is 0.454 e. The van der Waals surface area contributed by atoms with Crippen molar-refractivity contribution in [3.63, 3.8) is 0 Å². The molecule has 2 N–H and O–H groups in total. The van der Waals surface area contributed by atoms with Gasteiger partial charge in [-0.05, 0) is 25.3 Å². The van der Waals surface area contributed by atoms with Gasteiger partial charge in [0, 0.05) is 13.1 Å². The molecule has 0 radical (unpaired) electrons. The molecule has 11 heavy (non-hydrogen) atoms. The van der Waals surface area contributed by atoms with Gasteiger partial charge in [0.1, 0.15) is 0 Å². The second-order valence-corrected chi connectivity index (χ2v) is 4.04. The Kier molecular flexibility index (Phi) is 3.80. The third kappa shape index (κ3) is 2.71. The second kappa shape index (κ2) is 4.41. The molecule has 1 heterocycles. The molecule has 64 valence electrons. The number of piperidine rings is 1. The lowest BCUT2D eigenvalue weighted by atomic mass is 9.68. The highest BCUT2D eigenvalue weighted by molar-refractivity contribution is 7.34. The molecule has 1 aliphatic rings. The SMILES string of the molecule is CPN1CCC(B(O)O)CC1. The van der Waals surface area contributed by atoms with Gasteiger partial charge in [-0.25, -0.2) is 0 Å². The van der Waals surface area contributed by atoms with Crippen molar-refractivity contribution in [3.05, 3.63) is 0 Å². The summed E-state index contributed by atoms with van der Waals surface area (Å²) < 4.78 is 2.36. The van der Waals surface area contributed by atoms with Gasteiger partial charge in [0.2, 0.25) is 0 Å². The first kappa shape index (κ1) is 9.46. The molecule has 0 aromatic rings. The molecule has 0 aromatic carbocycles. The van der Waals surface area contributed by atoms with Crippen LogP contribution in [0.3, 0.4) is 0 Å². The van der Waals surface area contributed by atoms with E-state index in [1.165, 1.54) is 0 Å². The van der Waals surface area contributed by atoms with E-state index < -0.39 is 7.12 Å². The highest BCUT2D eigenvalue weighted by Crippen LogP contribution is 2.28.